The lowest BCUT2D eigenvalue weighted by Crippen LogP contribution is -2.49. The van der Waals surface area contributed by atoms with Crippen LogP contribution in [0.1, 0.15) is 55.1 Å². The average molecular weight is 492 g/mol. The van der Waals surface area contributed by atoms with E-state index >= 15 is 0 Å². The first-order valence-corrected chi connectivity index (χ1v) is 11.4. The second kappa shape index (κ2) is 10.3. The molecule has 8 nitrogen and oxygen atoms in total. The van der Waals surface area contributed by atoms with Crippen molar-refractivity contribution in [2.45, 2.75) is 57.3 Å². The van der Waals surface area contributed by atoms with Gasteiger partial charge in [-0.2, -0.15) is 0 Å². The highest BCUT2D eigenvalue weighted by Gasteiger charge is 2.45. The molecule has 1 atom stereocenters. The van der Waals surface area contributed by atoms with Crippen LogP contribution in [0.2, 0.25) is 5.02 Å². The van der Waals surface area contributed by atoms with Crippen LogP contribution in [-0.4, -0.2) is 43.6 Å². The van der Waals surface area contributed by atoms with E-state index in [0.29, 0.717) is 5.02 Å². The standard InChI is InChI=1S/C25H30ClNO7/c1-24(2,3)34-22(28)19-10-9-18(14-21(19)27(29)30)33-15-25(23(31-4)32-5)12-6-7-16-13-17(26)8-11-20(16)25/h8-11,13-14,23H,6-7,12,15H2,1-5H3/t25-/m0/s1. The van der Waals surface area contributed by atoms with Crippen LogP contribution < -0.4 is 4.74 Å². The summed E-state index contributed by atoms with van der Waals surface area (Å²) in [6.07, 6.45) is 1.86. The Morgan fingerprint density at radius 2 is 1.88 bits per heavy atom. The molecule has 0 fully saturated rings. The first-order valence-electron chi connectivity index (χ1n) is 11.0. The molecule has 0 heterocycles. The molecule has 0 bridgehead atoms. The highest BCUT2D eigenvalue weighted by molar-refractivity contribution is 6.30. The third kappa shape index (κ3) is 5.51. The second-order valence-corrected chi connectivity index (χ2v) is 9.78. The number of fused-ring (bicyclic) bond motifs is 1. The molecule has 2 aromatic carbocycles. The third-order valence-corrected chi connectivity index (χ3v) is 6.07. The van der Waals surface area contributed by atoms with Crippen LogP contribution in [-0.2, 0) is 26.0 Å². The van der Waals surface area contributed by atoms with E-state index in [1.165, 1.54) is 18.2 Å². The molecule has 0 saturated heterocycles. The van der Waals surface area contributed by atoms with E-state index < -0.39 is 28.2 Å². The van der Waals surface area contributed by atoms with Crippen LogP contribution >= 0.6 is 11.6 Å². The Morgan fingerprint density at radius 1 is 1.18 bits per heavy atom. The van der Waals surface area contributed by atoms with Gasteiger partial charge in [-0.25, -0.2) is 4.79 Å². The number of carbonyl (C=O) groups excluding carboxylic acids is 1. The van der Waals surface area contributed by atoms with Gasteiger partial charge in [0.15, 0.2) is 6.29 Å². The van der Waals surface area contributed by atoms with Crippen LogP contribution in [0.3, 0.4) is 0 Å². The molecule has 3 rings (SSSR count). The van der Waals surface area contributed by atoms with E-state index in [4.69, 9.17) is 30.5 Å². The number of carbonyl (C=O) groups is 1. The van der Waals surface area contributed by atoms with E-state index in [1.54, 1.807) is 35.0 Å². The molecule has 0 aromatic heterocycles. The molecule has 0 unspecified atom stereocenters. The molecule has 1 aliphatic rings. The highest BCUT2D eigenvalue weighted by atomic mass is 35.5. The minimum absolute atomic E-state index is 0.133. The van der Waals surface area contributed by atoms with E-state index in [9.17, 15) is 14.9 Å². The number of nitro benzene ring substituents is 1. The topological polar surface area (TPSA) is 97.1 Å². The van der Waals surface area contributed by atoms with Crippen molar-refractivity contribution in [3.63, 3.8) is 0 Å². The molecule has 0 spiro atoms. The zero-order valence-electron chi connectivity index (χ0n) is 20.1. The number of halogens is 1. The summed E-state index contributed by atoms with van der Waals surface area (Å²) in [5.41, 5.74) is 0.154. The minimum atomic E-state index is -0.779. The van der Waals surface area contributed by atoms with Gasteiger partial charge < -0.3 is 18.9 Å². The van der Waals surface area contributed by atoms with Crippen molar-refractivity contribution in [2.75, 3.05) is 20.8 Å². The van der Waals surface area contributed by atoms with Crippen LogP contribution in [0.5, 0.6) is 5.75 Å². The number of ether oxygens (including phenoxy) is 4. The van der Waals surface area contributed by atoms with Crippen LogP contribution in [0.15, 0.2) is 36.4 Å². The summed E-state index contributed by atoms with van der Waals surface area (Å²) in [4.78, 5) is 23.6. The number of nitro groups is 1. The lowest BCUT2D eigenvalue weighted by Gasteiger charge is -2.43. The number of nitrogens with zero attached hydrogens (tertiary/aromatic N) is 1. The van der Waals surface area contributed by atoms with Gasteiger partial charge in [-0.15, -0.1) is 0 Å². The van der Waals surface area contributed by atoms with Crippen molar-refractivity contribution in [3.05, 3.63) is 68.2 Å². The maximum Gasteiger partial charge on any atom is 0.345 e. The van der Waals surface area contributed by atoms with E-state index in [0.717, 1.165) is 30.4 Å². The smallest absolute Gasteiger partial charge is 0.345 e. The Balaban J connectivity index is 1.95. The summed E-state index contributed by atoms with van der Waals surface area (Å²) in [6.45, 7) is 5.25. The van der Waals surface area contributed by atoms with Gasteiger partial charge in [-0.3, -0.25) is 10.1 Å². The normalized spacial score (nSPS) is 17.9. The molecule has 1 aliphatic carbocycles. The van der Waals surface area contributed by atoms with Crippen LogP contribution in [0.4, 0.5) is 5.69 Å². The Hall–Kier alpha value is -2.68. The molecule has 34 heavy (non-hydrogen) atoms. The number of aryl methyl sites for hydroxylation is 1. The fourth-order valence-electron chi connectivity index (χ4n) is 4.46. The number of hydrogen-bond acceptors (Lipinski definition) is 7. The number of esters is 1. The molecule has 0 radical (unpaired) electrons. The summed E-state index contributed by atoms with van der Waals surface area (Å²) in [6, 6.07) is 9.84. The number of benzene rings is 2. The molecule has 0 saturated carbocycles. The molecule has 2 aromatic rings. The molecule has 0 amide bonds. The molecular formula is C25H30ClNO7. The fraction of sp³-hybridized carbons (Fsp3) is 0.480. The van der Waals surface area contributed by atoms with E-state index in [2.05, 4.69) is 0 Å². The van der Waals surface area contributed by atoms with Crippen molar-refractivity contribution in [1.29, 1.82) is 0 Å². The van der Waals surface area contributed by atoms with Gasteiger partial charge in [-0.05, 0) is 75.4 Å². The predicted molar refractivity (Wildman–Crippen MR) is 128 cm³/mol. The van der Waals surface area contributed by atoms with Crippen molar-refractivity contribution in [2.24, 2.45) is 0 Å². The summed E-state index contributed by atoms with van der Waals surface area (Å²) in [5, 5.41) is 12.3. The van der Waals surface area contributed by atoms with Crippen LogP contribution in [0, 0.1) is 10.1 Å². The van der Waals surface area contributed by atoms with Crippen molar-refractivity contribution in [1.82, 2.24) is 0 Å². The van der Waals surface area contributed by atoms with Gasteiger partial charge in [-0.1, -0.05) is 17.7 Å². The molecule has 184 valence electrons. The van der Waals surface area contributed by atoms with Crippen molar-refractivity contribution >= 4 is 23.3 Å². The highest BCUT2D eigenvalue weighted by Crippen LogP contribution is 2.43. The second-order valence-electron chi connectivity index (χ2n) is 9.34. The lowest BCUT2D eigenvalue weighted by molar-refractivity contribution is -0.385. The maximum atomic E-state index is 12.5. The van der Waals surface area contributed by atoms with Gasteiger partial charge in [0.25, 0.3) is 5.69 Å². The van der Waals surface area contributed by atoms with Gasteiger partial charge in [0.1, 0.15) is 23.5 Å². The van der Waals surface area contributed by atoms with Gasteiger partial charge in [0.2, 0.25) is 0 Å². The number of methoxy groups -OCH3 is 2. The SMILES string of the molecule is COC(OC)[C@]1(COc2ccc(C(=O)OC(C)(C)C)c([N+](=O)[O-])c2)CCCc2cc(Cl)ccc21. The van der Waals surface area contributed by atoms with Crippen molar-refractivity contribution in [3.8, 4) is 5.75 Å². The number of rotatable bonds is 8. The van der Waals surface area contributed by atoms with Crippen LogP contribution in [0.25, 0.3) is 0 Å². The summed E-state index contributed by atoms with van der Waals surface area (Å²) in [5.74, 6) is -0.510. The Bertz CT molecular complexity index is 1060. The zero-order valence-corrected chi connectivity index (χ0v) is 20.8. The maximum absolute atomic E-state index is 12.5. The van der Waals surface area contributed by atoms with E-state index in [-0.39, 0.29) is 23.6 Å². The summed E-state index contributed by atoms with van der Waals surface area (Å²) in [7, 11) is 3.14. The third-order valence-electron chi connectivity index (χ3n) is 5.83. The molecule has 9 heteroatoms. The minimum Gasteiger partial charge on any atom is -0.492 e. The monoisotopic (exact) mass is 491 g/mol. The largest absolute Gasteiger partial charge is 0.492 e. The lowest BCUT2D eigenvalue weighted by atomic mass is 9.69. The first kappa shape index (κ1) is 25.9. The predicted octanol–water partition coefficient (Wildman–Crippen LogP) is 5.48. The summed E-state index contributed by atoms with van der Waals surface area (Å²) >= 11 is 6.22. The van der Waals surface area contributed by atoms with Gasteiger partial charge in [0, 0.05) is 19.2 Å². The molecule has 0 N–H and O–H groups in total. The zero-order chi connectivity index (χ0) is 25.1. The Morgan fingerprint density at radius 3 is 2.50 bits per heavy atom. The van der Waals surface area contributed by atoms with Gasteiger partial charge >= 0.3 is 5.97 Å². The van der Waals surface area contributed by atoms with E-state index in [1.807, 2.05) is 18.2 Å². The molecule has 0 aliphatic heterocycles. The Kier molecular flexibility index (Phi) is 7.85. The van der Waals surface area contributed by atoms with Crippen molar-refractivity contribution < 1.29 is 28.7 Å². The quantitative estimate of drug-likeness (QED) is 0.209. The average Bonchev–Trinajstić information content (AvgIpc) is 2.77. The first-order chi connectivity index (χ1) is 16.0. The number of hydrogen-bond donors (Lipinski definition) is 0. The summed E-state index contributed by atoms with van der Waals surface area (Å²) < 4.78 is 22.7. The van der Waals surface area contributed by atoms with Gasteiger partial charge in [0.05, 0.1) is 16.4 Å². The molecular weight excluding hydrogens is 462 g/mol. The fourth-order valence-corrected chi connectivity index (χ4v) is 4.66. The Labute approximate surface area is 204 Å².